The number of nitrogens with one attached hydrogen (secondary N) is 2. The van der Waals surface area contributed by atoms with Crippen LogP contribution in [-0.4, -0.2) is 29.1 Å². The number of carboxylic acids is 1. The van der Waals surface area contributed by atoms with E-state index in [1.165, 1.54) is 18.2 Å². The molecule has 0 saturated heterocycles. The molecule has 0 aromatic heterocycles. The summed E-state index contributed by atoms with van der Waals surface area (Å²) in [6.45, 7) is 0. The molecule has 0 aliphatic heterocycles. The Kier molecular flexibility index (Phi) is 4.81. The zero-order valence-electron chi connectivity index (χ0n) is 9.72. The monoisotopic (exact) mass is 269 g/mol. The summed E-state index contributed by atoms with van der Waals surface area (Å²) in [5.74, 6) is -2.81. The van der Waals surface area contributed by atoms with Gasteiger partial charge in [0.05, 0.1) is 6.42 Å². The van der Waals surface area contributed by atoms with Gasteiger partial charge in [0.15, 0.2) is 0 Å². The van der Waals surface area contributed by atoms with E-state index < -0.39 is 36.2 Å². The number of halogens is 1. The quantitative estimate of drug-likeness (QED) is 0.613. The van der Waals surface area contributed by atoms with Crippen molar-refractivity contribution in [2.45, 2.75) is 12.5 Å². The van der Waals surface area contributed by atoms with Crippen LogP contribution in [0.5, 0.6) is 0 Å². The van der Waals surface area contributed by atoms with Crippen LogP contribution in [0.3, 0.4) is 0 Å². The Hall–Kier alpha value is -2.64. The maximum Gasteiger partial charge on any atom is 0.326 e. The Bertz CT molecular complexity index is 506. The first-order valence-corrected chi connectivity index (χ1v) is 5.22. The molecule has 1 aromatic rings. The molecule has 8 heteroatoms. The van der Waals surface area contributed by atoms with E-state index in [1.54, 1.807) is 0 Å². The second kappa shape index (κ2) is 6.34. The molecule has 1 unspecified atom stereocenters. The van der Waals surface area contributed by atoms with Gasteiger partial charge in [0, 0.05) is 5.69 Å². The van der Waals surface area contributed by atoms with Gasteiger partial charge in [-0.2, -0.15) is 0 Å². The molecule has 1 aromatic carbocycles. The minimum Gasteiger partial charge on any atom is -0.480 e. The number of hydrogen-bond donors (Lipinski definition) is 4. The number of carbonyl (C=O) groups excluding carboxylic acids is 2. The Morgan fingerprint density at radius 3 is 2.58 bits per heavy atom. The standard InChI is InChI=1S/C11H12FN3O4/c12-6-2-1-3-7(4-6)14-11(19)15-8(10(17)18)5-9(13)16/h1-4,8H,5H2,(H2,13,16)(H,17,18)(H2,14,15,19). The van der Waals surface area contributed by atoms with Gasteiger partial charge in [-0.25, -0.2) is 14.0 Å². The van der Waals surface area contributed by atoms with Gasteiger partial charge in [-0.3, -0.25) is 4.79 Å². The maximum absolute atomic E-state index is 12.9. The fraction of sp³-hybridized carbons (Fsp3) is 0.182. The summed E-state index contributed by atoms with van der Waals surface area (Å²) in [7, 11) is 0. The highest BCUT2D eigenvalue weighted by Crippen LogP contribution is 2.08. The van der Waals surface area contributed by atoms with Crippen molar-refractivity contribution in [1.29, 1.82) is 0 Å². The van der Waals surface area contributed by atoms with Gasteiger partial charge in [0.1, 0.15) is 11.9 Å². The summed E-state index contributed by atoms with van der Waals surface area (Å²) in [4.78, 5) is 32.9. The average Bonchev–Trinajstić information content (AvgIpc) is 2.27. The molecular formula is C11H12FN3O4. The van der Waals surface area contributed by atoms with Crippen LogP contribution in [-0.2, 0) is 9.59 Å². The van der Waals surface area contributed by atoms with E-state index in [0.717, 1.165) is 6.07 Å². The highest BCUT2D eigenvalue weighted by Gasteiger charge is 2.22. The van der Waals surface area contributed by atoms with E-state index in [1.807, 2.05) is 5.32 Å². The van der Waals surface area contributed by atoms with E-state index in [4.69, 9.17) is 10.8 Å². The molecule has 0 heterocycles. The maximum atomic E-state index is 12.9. The van der Waals surface area contributed by atoms with E-state index in [-0.39, 0.29) is 5.69 Å². The van der Waals surface area contributed by atoms with E-state index in [9.17, 15) is 18.8 Å². The van der Waals surface area contributed by atoms with Crippen LogP contribution in [0.4, 0.5) is 14.9 Å². The van der Waals surface area contributed by atoms with E-state index in [2.05, 4.69) is 5.32 Å². The van der Waals surface area contributed by atoms with Crippen LogP contribution in [0.15, 0.2) is 24.3 Å². The van der Waals surface area contributed by atoms with Crippen LogP contribution in [0.25, 0.3) is 0 Å². The number of aliphatic carboxylic acids is 1. The molecule has 19 heavy (non-hydrogen) atoms. The first kappa shape index (κ1) is 14.4. The third-order valence-corrected chi connectivity index (χ3v) is 2.09. The van der Waals surface area contributed by atoms with Crippen molar-refractivity contribution in [3.63, 3.8) is 0 Å². The molecule has 0 bridgehead atoms. The van der Waals surface area contributed by atoms with E-state index in [0.29, 0.717) is 0 Å². The number of carbonyl (C=O) groups is 3. The molecule has 3 amide bonds. The van der Waals surface area contributed by atoms with Gasteiger partial charge in [0.2, 0.25) is 5.91 Å². The molecule has 1 rings (SSSR count). The number of urea groups is 1. The van der Waals surface area contributed by atoms with E-state index >= 15 is 0 Å². The van der Waals surface area contributed by atoms with Crippen LogP contribution >= 0.6 is 0 Å². The average molecular weight is 269 g/mol. The Balaban J connectivity index is 2.62. The molecule has 1 atom stereocenters. The lowest BCUT2D eigenvalue weighted by atomic mass is 10.2. The first-order valence-electron chi connectivity index (χ1n) is 5.22. The molecule has 0 aliphatic carbocycles. The second-order valence-corrected chi connectivity index (χ2v) is 3.67. The lowest BCUT2D eigenvalue weighted by Crippen LogP contribution is -2.45. The van der Waals surface area contributed by atoms with Gasteiger partial charge in [-0.15, -0.1) is 0 Å². The minimum absolute atomic E-state index is 0.153. The Labute approximate surface area is 107 Å². The second-order valence-electron chi connectivity index (χ2n) is 3.67. The van der Waals surface area contributed by atoms with Crippen molar-refractivity contribution < 1.29 is 23.9 Å². The molecular weight excluding hydrogens is 257 g/mol. The third-order valence-electron chi connectivity index (χ3n) is 2.09. The number of anilines is 1. The van der Waals surface area contributed by atoms with Gasteiger partial charge in [0.25, 0.3) is 0 Å². The number of benzene rings is 1. The van der Waals surface area contributed by atoms with Crippen molar-refractivity contribution in [3.8, 4) is 0 Å². The summed E-state index contributed by atoms with van der Waals surface area (Å²) in [6.07, 6.45) is -0.536. The molecule has 102 valence electrons. The fourth-order valence-corrected chi connectivity index (χ4v) is 1.29. The van der Waals surface area contributed by atoms with Crippen molar-refractivity contribution in [3.05, 3.63) is 30.1 Å². The van der Waals surface area contributed by atoms with Crippen LogP contribution in [0.1, 0.15) is 6.42 Å². The normalized spacial score (nSPS) is 11.4. The van der Waals surface area contributed by atoms with Gasteiger partial charge >= 0.3 is 12.0 Å². The van der Waals surface area contributed by atoms with Crippen molar-refractivity contribution in [2.24, 2.45) is 5.73 Å². The predicted octanol–water partition coefficient (Wildman–Crippen LogP) is 0.276. The third kappa shape index (κ3) is 5.02. The number of amides is 3. The number of hydrogen-bond acceptors (Lipinski definition) is 3. The summed E-state index contributed by atoms with van der Waals surface area (Å²) in [5.41, 5.74) is 5.01. The number of nitrogens with two attached hydrogens (primary N) is 1. The summed E-state index contributed by atoms with van der Waals surface area (Å²) < 4.78 is 12.9. The molecule has 0 aliphatic rings. The summed E-state index contributed by atoms with van der Waals surface area (Å²) in [6, 6.07) is 2.74. The molecule has 0 fully saturated rings. The minimum atomic E-state index is -1.44. The highest BCUT2D eigenvalue weighted by atomic mass is 19.1. The zero-order chi connectivity index (χ0) is 14.4. The lowest BCUT2D eigenvalue weighted by molar-refractivity contribution is -0.140. The fourth-order valence-electron chi connectivity index (χ4n) is 1.29. The molecule has 0 spiro atoms. The lowest BCUT2D eigenvalue weighted by Gasteiger charge is -2.13. The summed E-state index contributed by atoms with van der Waals surface area (Å²) in [5, 5.41) is 13.0. The SMILES string of the molecule is NC(=O)CC(NC(=O)Nc1cccc(F)c1)C(=O)O. The van der Waals surface area contributed by atoms with Crippen molar-refractivity contribution in [2.75, 3.05) is 5.32 Å². The Morgan fingerprint density at radius 2 is 2.05 bits per heavy atom. The first-order chi connectivity index (χ1) is 8.88. The van der Waals surface area contributed by atoms with Crippen LogP contribution < -0.4 is 16.4 Å². The smallest absolute Gasteiger partial charge is 0.326 e. The topological polar surface area (TPSA) is 122 Å². The molecule has 0 saturated carbocycles. The van der Waals surface area contributed by atoms with Crippen LogP contribution in [0, 0.1) is 5.82 Å². The molecule has 7 nitrogen and oxygen atoms in total. The molecule has 0 radical (unpaired) electrons. The van der Waals surface area contributed by atoms with Crippen molar-refractivity contribution >= 4 is 23.6 Å². The highest BCUT2D eigenvalue weighted by molar-refractivity contribution is 5.93. The largest absolute Gasteiger partial charge is 0.480 e. The van der Waals surface area contributed by atoms with Crippen LogP contribution in [0.2, 0.25) is 0 Å². The van der Waals surface area contributed by atoms with Gasteiger partial charge < -0.3 is 21.5 Å². The van der Waals surface area contributed by atoms with Crippen molar-refractivity contribution in [1.82, 2.24) is 5.32 Å². The van der Waals surface area contributed by atoms with Gasteiger partial charge in [-0.05, 0) is 18.2 Å². The Morgan fingerprint density at radius 1 is 1.37 bits per heavy atom. The zero-order valence-corrected chi connectivity index (χ0v) is 9.72. The molecule has 5 N–H and O–H groups in total. The number of carboxylic acid groups (broad SMARTS) is 1. The number of primary amides is 1. The summed E-state index contributed by atoms with van der Waals surface area (Å²) >= 11 is 0. The number of rotatable bonds is 5. The predicted molar refractivity (Wildman–Crippen MR) is 63.8 cm³/mol. The van der Waals surface area contributed by atoms with Gasteiger partial charge in [-0.1, -0.05) is 6.07 Å².